The van der Waals surface area contributed by atoms with Gasteiger partial charge in [0.15, 0.2) is 0 Å². The highest BCUT2D eigenvalue weighted by atomic mass is 14.1. The average molecular weight is 149 g/mol. The molecule has 0 N–H and O–H groups in total. The molecule has 1 heteroatoms. The molecule has 0 nitrogen and oxygen atoms in total. The summed E-state index contributed by atoms with van der Waals surface area (Å²) in [5.74, 6) is 1.03. The second-order valence-corrected chi connectivity index (χ2v) is 3.53. The summed E-state index contributed by atoms with van der Waals surface area (Å²) in [4.78, 5) is 0. The van der Waals surface area contributed by atoms with E-state index in [1.54, 1.807) is 0 Å². The maximum absolute atomic E-state index is 3.74. The highest BCUT2D eigenvalue weighted by Gasteiger charge is 2.12. The van der Waals surface area contributed by atoms with Gasteiger partial charge in [0.25, 0.3) is 0 Å². The van der Waals surface area contributed by atoms with Gasteiger partial charge in [-0.2, -0.15) is 0 Å². The standard InChI is InChI=1S/C10H18B/c1-2-3-4-5-10-6-8-11-9-7-10/h2,10H,1,3-9H2. The van der Waals surface area contributed by atoms with Crippen LogP contribution >= 0.6 is 0 Å². The van der Waals surface area contributed by atoms with Crippen LogP contribution < -0.4 is 0 Å². The van der Waals surface area contributed by atoms with Crippen LogP contribution in [-0.4, -0.2) is 7.28 Å². The van der Waals surface area contributed by atoms with E-state index in [0.717, 1.165) is 5.92 Å². The summed E-state index contributed by atoms with van der Waals surface area (Å²) in [7, 11) is 2.43. The van der Waals surface area contributed by atoms with Crippen LogP contribution in [0.25, 0.3) is 0 Å². The Morgan fingerprint density at radius 1 is 1.36 bits per heavy atom. The van der Waals surface area contributed by atoms with Crippen LogP contribution in [0.2, 0.25) is 12.6 Å². The van der Waals surface area contributed by atoms with Crippen molar-refractivity contribution in [2.75, 3.05) is 0 Å². The highest BCUT2D eigenvalue weighted by molar-refractivity contribution is 6.35. The molecule has 0 aromatic carbocycles. The lowest BCUT2D eigenvalue weighted by Gasteiger charge is -2.20. The predicted octanol–water partition coefficient (Wildman–Crippen LogP) is 3.29. The molecule has 61 valence electrons. The fraction of sp³-hybridized carbons (Fsp3) is 0.800. The number of hydrogen-bond acceptors (Lipinski definition) is 0. The zero-order chi connectivity index (χ0) is 7.94. The summed E-state index contributed by atoms with van der Waals surface area (Å²) in [5, 5.41) is 0. The van der Waals surface area contributed by atoms with Gasteiger partial charge in [0.2, 0.25) is 0 Å². The average Bonchev–Trinajstić information content (AvgIpc) is 2.07. The molecule has 0 aromatic rings. The summed E-state index contributed by atoms with van der Waals surface area (Å²) in [5.41, 5.74) is 0. The number of hydrogen-bond donors (Lipinski definition) is 0. The first kappa shape index (κ1) is 8.90. The van der Waals surface area contributed by atoms with E-state index in [-0.39, 0.29) is 0 Å². The van der Waals surface area contributed by atoms with Gasteiger partial charge in [-0.15, -0.1) is 6.58 Å². The van der Waals surface area contributed by atoms with Crippen molar-refractivity contribution < 1.29 is 0 Å². The maximum atomic E-state index is 3.74. The molecule has 11 heavy (non-hydrogen) atoms. The molecule has 0 bridgehead atoms. The van der Waals surface area contributed by atoms with Gasteiger partial charge in [-0.25, -0.2) is 0 Å². The molecule has 1 fully saturated rings. The van der Waals surface area contributed by atoms with Crippen molar-refractivity contribution in [1.29, 1.82) is 0 Å². The number of rotatable bonds is 4. The first-order valence-corrected chi connectivity index (χ1v) is 4.86. The second kappa shape index (κ2) is 5.45. The Hall–Kier alpha value is -0.195. The van der Waals surface area contributed by atoms with Crippen molar-refractivity contribution in [3.05, 3.63) is 12.7 Å². The molecule has 0 amide bonds. The van der Waals surface area contributed by atoms with Gasteiger partial charge >= 0.3 is 0 Å². The van der Waals surface area contributed by atoms with Gasteiger partial charge in [0, 0.05) is 0 Å². The third-order valence-corrected chi connectivity index (χ3v) is 2.58. The highest BCUT2D eigenvalue weighted by Crippen LogP contribution is 2.25. The van der Waals surface area contributed by atoms with E-state index in [4.69, 9.17) is 0 Å². The molecule has 0 aromatic heterocycles. The molecular formula is C10H18B. The van der Waals surface area contributed by atoms with E-state index in [9.17, 15) is 0 Å². The topological polar surface area (TPSA) is 0 Å². The van der Waals surface area contributed by atoms with Gasteiger partial charge in [-0.1, -0.05) is 38.0 Å². The number of unbranched alkanes of at least 4 members (excludes halogenated alkanes) is 1. The normalized spacial score (nSPS) is 19.3. The molecule has 1 rings (SSSR count). The molecule has 0 atom stereocenters. The quantitative estimate of drug-likeness (QED) is 0.327. The monoisotopic (exact) mass is 149 g/mol. The van der Waals surface area contributed by atoms with Crippen LogP contribution in [-0.2, 0) is 0 Å². The first-order valence-electron chi connectivity index (χ1n) is 4.86. The fourth-order valence-corrected chi connectivity index (χ4v) is 1.84. The summed E-state index contributed by atoms with van der Waals surface area (Å²) in [6.45, 7) is 3.74. The second-order valence-electron chi connectivity index (χ2n) is 3.53. The van der Waals surface area contributed by atoms with Crippen molar-refractivity contribution in [2.24, 2.45) is 5.92 Å². The molecular weight excluding hydrogens is 131 g/mol. The van der Waals surface area contributed by atoms with Crippen LogP contribution in [0.15, 0.2) is 12.7 Å². The first-order chi connectivity index (χ1) is 5.43. The van der Waals surface area contributed by atoms with Crippen molar-refractivity contribution in [1.82, 2.24) is 0 Å². The smallest absolute Gasteiger partial charge is 0.103 e. The Labute approximate surface area is 71.3 Å². The van der Waals surface area contributed by atoms with Gasteiger partial charge in [0.1, 0.15) is 7.28 Å². The Balaban J connectivity index is 2.00. The van der Waals surface area contributed by atoms with Crippen molar-refractivity contribution in [2.45, 2.75) is 44.7 Å². The third kappa shape index (κ3) is 3.64. The molecule has 1 saturated heterocycles. The van der Waals surface area contributed by atoms with E-state index in [1.807, 2.05) is 6.08 Å². The van der Waals surface area contributed by atoms with Gasteiger partial charge in [-0.05, 0) is 18.8 Å². The lowest BCUT2D eigenvalue weighted by molar-refractivity contribution is 0.429. The molecule has 1 aliphatic rings. The molecule has 0 aliphatic carbocycles. The van der Waals surface area contributed by atoms with E-state index in [2.05, 4.69) is 13.9 Å². The van der Waals surface area contributed by atoms with Crippen molar-refractivity contribution in [3.63, 3.8) is 0 Å². The zero-order valence-corrected chi connectivity index (χ0v) is 7.39. The van der Waals surface area contributed by atoms with Crippen LogP contribution in [0.4, 0.5) is 0 Å². The molecule has 1 aliphatic heterocycles. The van der Waals surface area contributed by atoms with Crippen LogP contribution in [0.1, 0.15) is 32.1 Å². The Morgan fingerprint density at radius 3 is 2.73 bits per heavy atom. The molecule has 0 spiro atoms. The lowest BCUT2D eigenvalue weighted by Crippen LogP contribution is -2.09. The fourth-order valence-electron chi connectivity index (χ4n) is 1.84. The zero-order valence-electron chi connectivity index (χ0n) is 7.39. The number of allylic oxidation sites excluding steroid dienone is 1. The van der Waals surface area contributed by atoms with E-state index in [1.165, 1.54) is 44.7 Å². The molecule has 0 saturated carbocycles. The SMILES string of the molecule is C=CCCCC1CC[B]CC1. The van der Waals surface area contributed by atoms with Crippen LogP contribution in [0, 0.1) is 5.92 Å². The molecule has 0 unspecified atom stereocenters. The minimum atomic E-state index is 1.03. The minimum Gasteiger partial charge on any atom is -0.103 e. The summed E-state index contributed by atoms with van der Waals surface area (Å²) < 4.78 is 0. The Bertz CT molecular complexity index is 103. The van der Waals surface area contributed by atoms with Crippen LogP contribution in [0.3, 0.4) is 0 Å². The molecule has 1 radical (unpaired) electrons. The summed E-state index contributed by atoms with van der Waals surface area (Å²) >= 11 is 0. The van der Waals surface area contributed by atoms with Gasteiger partial charge < -0.3 is 0 Å². The summed E-state index contributed by atoms with van der Waals surface area (Å²) in [6, 6.07) is 0. The Morgan fingerprint density at radius 2 is 2.09 bits per heavy atom. The minimum absolute atomic E-state index is 1.03. The van der Waals surface area contributed by atoms with E-state index in [0.29, 0.717) is 0 Å². The van der Waals surface area contributed by atoms with Crippen molar-refractivity contribution >= 4 is 7.28 Å². The van der Waals surface area contributed by atoms with Crippen LogP contribution in [0.5, 0.6) is 0 Å². The molecule has 1 heterocycles. The maximum Gasteiger partial charge on any atom is 0.109 e. The third-order valence-electron chi connectivity index (χ3n) is 2.58. The predicted molar refractivity (Wildman–Crippen MR) is 52.1 cm³/mol. The van der Waals surface area contributed by atoms with E-state index < -0.39 is 0 Å². The van der Waals surface area contributed by atoms with Crippen molar-refractivity contribution in [3.8, 4) is 0 Å². The van der Waals surface area contributed by atoms with E-state index >= 15 is 0 Å². The lowest BCUT2D eigenvalue weighted by atomic mass is 9.61. The summed E-state index contributed by atoms with van der Waals surface area (Å²) in [6.07, 6.45) is 11.6. The van der Waals surface area contributed by atoms with Gasteiger partial charge in [-0.3, -0.25) is 0 Å². The largest absolute Gasteiger partial charge is 0.109 e. The Kier molecular flexibility index (Phi) is 4.41. The van der Waals surface area contributed by atoms with Gasteiger partial charge in [0.05, 0.1) is 0 Å².